The summed E-state index contributed by atoms with van der Waals surface area (Å²) in [5, 5.41) is 14.5. The van der Waals surface area contributed by atoms with Gasteiger partial charge in [-0.05, 0) is 55.4 Å². The van der Waals surface area contributed by atoms with Gasteiger partial charge in [0, 0.05) is 28.1 Å². The number of methoxy groups -OCH3 is 2. The highest BCUT2D eigenvalue weighted by Crippen LogP contribution is 2.38. The second kappa shape index (κ2) is 11.9. The summed E-state index contributed by atoms with van der Waals surface area (Å²) in [7, 11) is 2.49. The van der Waals surface area contributed by atoms with Gasteiger partial charge >= 0.3 is 11.9 Å². The molecule has 0 fully saturated rings. The van der Waals surface area contributed by atoms with Crippen LogP contribution in [0.25, 0.3) is 11.4 Å². The number of aromatic nitrogens is 3. The first-order chi connectivity index (χ1) is 17.8. The molecule has 1 amide bonds. The van der Waals surface area contributed by atoms with Crippen LogP contribution >= 0.6 is 23.1 Å². The molecule has 3 aromatic rings. The van der Waals surface area contributed by atoms with Gasteiger partial charge in [0.25, 0.3) is 0 Å². The van der Waals surface area contributed by atoms with Crippen molar-refractivity contribution in [3.8, 4) is 11.4 Å². The number of thiophene rings is 1. The third kappa shape index (κ3) is 6.04. The molecule has 0 saturated heterocycles. The molecule has 11 heteroatoms. The lowest BCUT2D eigenvalue weighted by Gasteiger charge is -2.19. The van der Waals surface area contributed by atoms with Gasteiger partial charge < -0.3 is 19.4 Å². The van der Waals surface area contributed by atoms with Crippen LogP contribution in [0.1, 0.15) is 57.8 Å². The molecular formula is C26H30N4O5S2. The number of rotatable bonds is 9. The highest BCUT2D eigenvalue weighted by Gasteiger charge is 2.24. The SMILES string of the molecule is CCCn1c(SCC(=O)Nc2cc(C(=O)OC)cc(C(=O)OC)c2)nnc1-c1csc2c1CCC(C)C2. The first-order valence-electron chi connectivity index (χ1n) is 12.1. The largest absolute Gasteiger partial charge is 0.465 e. The Hall–Kier alpha value is -3.18. The zero-order chi connectivity index (χ0) is 26.5. The number of fused-ring (bicyclic) bond motifs is 1. The molecule has 1 aromatic carbocycles. The molecule has 1 N–H and O–H groups in total. The molecular weight excluding hydrogens is 512 g/mol. The number of nitrogens with one attached hydrogen (secondary N) is 1. The van der Waals surface area contributed by atoms with E-state index >= 15 is 0 Å². The van der Waals surface area contributed by atoms with Crippen LogP contribution in [0.4, 0.5) is 5.69 Å². The molecule has 2 heterocycles. The Morgan fingerprint density at radius 1 is 1.14 bits per heavy atom. The predicted molar refractivity (Wildman–Crippen MR) is 143 cm³/mol. The maximum atomic E-state index is 12.8. The number of carbonyl (C=O) groups is 3. The summed E-state index contributed by atoms with van der Waals surface area (Å²) in [6, 6.07) is 4.28. The zero-order valence-electron chi connectivity index (χ0n) is 21.3. The van der Waals surface area contributed by atoms with Crippen molar-refractivity contribution in [3.63, 3.8) is 0 Å². The van der Waals surface area contributed by atoms with E-state index in [0.717, 1.165) is 37.2 Å². The summed E-state index contributed by atoms with van der Waals surface area (Å²) in [4.78, 5) is 38.3. The fraction of sp³-hybridized carbons (Fsp3) is 0.423. The number of nitrogens with zero attached hydrogens (tertiary/aromatic N) is 3. The Morgan fingerprint density at radius 3 is 2.49 bits per heavy atom. The van der Waals surface area contributed by atoms with Crippen LogP contribution in [0.3, 0.4) is 0 Å². The van der Waals surface area contributed by atoms with E-state index in [-0.39, 0.29) is 22.8 Å². The van der Waals surface area contributed by atoms with Gasteiger partial charge in [-0.25, -0.2) is 9.59 Å². The summed E-state index contributed by atoms with van der Waals surface area (Å²) in [5.74, 6) is 0.0792. The van der Waals surface area contributed by atoms with E-state index in [9.17, 15) is 14.4 Å². The molecule has 0 saturated carbocycles. The Kier molecular flexibility index (Phi) is 8.65. The number of amides is 1. The third-order valence-corrected chi connectivity index (χ3v) is 8.22. The van der Waals surface area contributed by atoms with Crippen LogP contribution in [-0.4, -0.2) is 52.6 Å². The Bertz CT molecular complexity index is 1280. The summed E-state index contributed by atoms with van der Waals surface area (Å²) in [6.45, 7) is 5.14. The molecule has 1 atom stereocenters. The Balaban J connectivity index is 1.50. The van der Waals surface area contributed by atoms with Crippen molar-refractivity contribution in [1.82, 2.24) is 14.8 Å². The van der Waals surface area contributed by atoms with Gasteiger partial charge in [0.05, 0.1) is 31.1 Å². The fourth-order valence-corrected chi connectivity index (χ4v) is 6.39. The van der Waals surface area contributed by atoms with Gasteiger partial charge in [-0.1, -0.05) is 25.6 Å². The second-order valence-corrected chi connectivity index (χ2v) is 10.9. The zero-order valence-corrected chi connectivity index (χ0v) is 23.0. The molecule has 0 bridgehead atoms. The van der Waals surface area contributed by atoms with Crippen molar-refractivity contribution in [1.29, 1.82) is 0 Å². The minimum atomic E-state index is -0.624. The number of ether oxygens (including phenoxy) is 2. The van der Waals surface area contributed by atoms with Crippen LogP contribution in [-0.2, 0) is 33.7 Å². The van der Waals surface area contributed by atoms with E-state index in [4.69, 9.17) is 9.47 Å². The molecule has 0 aliphatic heterocycles. The lowest BCUT2D eigenvalue weighted by molar-refractivity contribution is -0.113. The van der Waals surface area contributed by atoms with E-state index in [1.807, 2.05) is 0 Å². The number of esters is 2. The summed E-state index contributed by atoms with van der Waals surface area (Å²) >= 11 is 3.10. The first-order valence-corrected chi connectivity index (χ1v) is 14.0. The molecule has 4 rings (SSSR count). The van der Waals surface area contributed by atoms with E-state index in [2.05, 4.69) is 39.3 Å². The summed E-state index contributed by atoms with van der Waals surface area (Å²) in [5.41, 5.74) is 3.10. The second-order valence-electron chi connectivity index (χ2n) is 8.98. The van der Waals surface area contributed by atoms with Crippen molar-refractivity contribution >= 4 is 46.6 Å². The van der Waals surface area contributed by atoms with Gasteiger partial charge in [-0.15, -0.1) is 21.5 Å². The van der Waals surface area contributed by atoms with Crippen molar-refractivity contribution in [3.05, 3.63) is 45.1 Å². The van der Waals surface area contributed by atoms with Gasteiger partial charge in [0.15, 0.2) is 11.0 Å². The van der Waals surface area contributed by atoms with Crippen LogP contribution < -0.4 is 5.32 Å². The maximum absolute atomic E-state index is 12.8. The normalized spacial score (nSPS) is 14.6. The van der Waals surface area contributed by atoms with Crippen LogP contribution in [0.5, 0.6) is 0 Å². The van der Waals surface area contributed by atoms with Crippen molar-refractivity contribution in [2.45, 2.75) is 51.2 Å². The minimum absolute atomic E-state index is 0.0805. The smallest absolute Gasteiger partial charge is 0.337 e. The molecule has 9 nitrogen and oxygen atoms in total. The van der Waals surface area contributed by atoms with Gasteiger partial charge in [0.2, 0.25) is 5.91 Å². The highest BCUT2D eigenvalue weighted by atomic mass is 32.2. The Morgan fingerprint density at radius 2 is 1.84 bits per heavy atom. The lowest BCUT2D eigenvalue weighted by Crippen LogP contribution is -2.16. The number of hydrogen-bond acceptors (Lipinski definition) is 9. The lowest BCUT2D eigenvalue weighted by atomic mass is 9.88. The standard InChI is InChI=1S/C26H30N4O5S2/c1-5-8-30-23(20-13-36-21-9-15(2)6-7-19(20)21)28-29-26(30)37-14-22(31)27-18-11-16(24(32)34-3)10-17(12-18)25(33)35-4/h10-13,15H,5-9,14H2,1-4H3,(H,27,31). The van der Waals surface area contributed by atoms with Crippen molar-refractivity contribution in [2.24, 2.45) is 5.92 Å². The van der Waals surface area contributed by atoms with Crippen molar-refractivity contribution < 1.29 is 23.9 Å². The van der Waals surface area contributed by atoms with E-state index in [1.54, 1.807) is 11.3 Å². The number of anilines is 1. The minimum Gasteiger partial charge on any atom is -0.465 e. The fourth-order valence-electron chi connectivity index (χ4n) is 4.38. The first kappa shape index (κ1) is 26.9. The summed E-state index contributed by atoms with van der Waals surface area (Å²) < 4.78 is 11.6. The molecule has 37 heavy (non-hydrogen) atoms. The topological polar surface area (TPSA) is 112 Å². The third-order valence-electron chi connectivity index (χ3n) is 6.20. The van der Waals surface area contributed by atoms with Crippen molar-refractivity contribution in [2.75, 3.05) is 25.3 Å². The van der Waals surface area contributed by atoms with E-state index < -0.39 is 11.9 Å². The number of hydrogen-bond donors (Lipinski definition) is 1. The van der Waals surface area contributed by atoms with Crippen LogP contribution in [0, 0.1) is 5.92 Å². The predicted octanol–water partition coefficient (Wildman–Crippen LogP) is 4.85. The maximum Gasteiger partial charge on any atom is 0.337 e. The quantitative estimate of drug-likeness (QED) is 0.302. The van der Waals surface area contributed by atoms with E-state index in [0.29, 0.717) is 16.8 Å². The van der Waals surface area contributed by atoms with E-state index in [1.165, 1.54) is 61.0 Å². The molecule has 196 valence electrons. The van der Waals surface area contributed by atoms with Gasteiger partial charge in [0.1, 0.15) is 0 Å². The number of thioether (sulfide) groups is 1. The molecule has 0 spiro atoms. The monoisotopic (exact) mass is 542 g/mol. The van der Waals surface area contributed by atoms with Crippen LogP contribution in [0.2, 0.25) is 0 Å². The molecule has 0 radical (unpaired) electrons. The van der Waals surface area contributed by atoms with Gasteiger partial charge in [-0.2, -0.15) is 0 Å². The highest BCUT2D eigenvalue weighted by molar-refractivity contribution is 7.99. The summed E-state index contributed by atoms with van der Waals surface area (Å²) in [6.07, 6.45) is 4.25. The molecule has 1 aliphatic carbocycles. The number of carbonyl (C=O) groups excluding carboxylic acids is 3. The van der Waals surface area contributed by atoms with Gasteiger partial charge in [-0.3, -0.25) is 4.79 Å². The average molecular weight is 543 g/mol. The average Bonchev–Trinajstić information content (AvgIpc) is 3.49. The Labute approximate surface area is 224 Å². The number of benzene rings is 1. The molecule has 2 aromatic heterocycles. The molecule has 1 unspecified atom stereocenters. The molecule has 1 aliphatic rings. The van der Waals surface area contributed by atoms with Crippen LogP contribution in [0.15, 0.2) is 28.7 Å².